The quantitative estimate of drug-likeness (QED) is 0.693. The van der Waals surface area contributed by atoms with E-state index in [1.807, 2.05) is 0 Å². The largest absolute Gasteiger partial charge is 0.338 e. The number of nitrogens with zero attached hydrogens (tertiary/aromatic N) is 1. The Bertz CT molecular complexity index is 247. The Kier molecular flexibility index (Phi) is 4.66. The number of unbranched alkanes of at least 4 members (excludes halogenated alkanes) is 1. The van der Waals surface area contributed by atoms with Crippen LogP contribution in [0, 0.1) is 0 Å². The molecule has 2 fully saturated rings. The van der Waals surface area contributed by atoms with Gasteiger partial charge in [-0.2, -0.15) is 0 Å². The lowest BCUT2D eigenvalue weighted by Crippen LogP contribution is -2.47. The maximum Gasteiger partial charge on any atom is 0.317 e. The summed E-state index contributed by atoms with van der Waals surface area (Å²) in [4.78, 5) is 14.1. The van der Waals surface area contributed by atoms with Crippen LogP contribution in [0.5, 0.6) is 0 Å². The molecule has 0 aromatic carbocycles. The molecule has 1 aliphatic heterocycles. The van der Waals surface area contributed by atoms with Crippen molar-refractivity contribution in [3.05, 3.63) is 0 Å². The topological polar surface area (TPSA) is 44.4 Å². The Morgan fingerprint density at radius 2 is 2.24 bits per heavy atom. The smallest absolute Gasteiger partial charge is 0.317 e. The molecule has 2 amide bonds. The highest BCUT2D eigenvalue weighted by Crippen LogP contribution is 2.27. The molecule has 17 heavy (non-hydrogen) atoms. The van der Waals surface area contributed by atoms with Gasteiger partial charge in [-0.25, -0.2) is 4.79 Å². The van der Waals surface area contributed by atoms with E-state index < -0.39 is 0 Å². The third kappa shape index (κ3) is 3.87. The Hall–Kier alpha value is -0.770. The van der Waals surface area contributed by atoms with E-state index in [0.717, 1.165) is 32.5 Å². The fourth-order valence-corrected chi connectivity index (χ4v) is 2.41. The zero-order chi connectivity index (χ0) is 12.1. The first-order chi connectivity index (χ1) is 8.31. The molecule has 98 valence electrons. The van der Waals surface area contributed by atoms with Gasteiger partial charge in [-0.1, -0.05) is 13.3 Å². The first-order valence-electron chi connectivity index (χ1n) is 7.09. The minimum absolute atomic E-state index is 0.148. The molecular formula is C13H25N3O. The molecule has 1 unspecified atom stereocenters. The van der Waals surface area contributed by atoms with Gasteiger partial charge < -0.3 is 15.5 Å². The van der Waals surface area contributed by atoms with Crippen molar-refractivity contribution < 1.29 is 4.79 Å². The van der Waals surface area contributed by atoms with Crippen LogP contribution in [0.3, 0.4) is 0 Å². The maximum atomic E-state index is 12.1. The molecule has 2 aliphatic rings. The molecule has 1 saturated heterocycles. The summed E-state index contributed by atoms with van der Waals surface area (Å²) in [6, 6.07) is 1.18. The second-order valence-corrected chi connectivity index (χ2v) is 5.26. The highest BCUT2D eigenvalue weighted by molar-refractivity contribution is 5.74. The number of carbonyl (C=O) groups is 1. The van der Waals surface area contributed by atoms with Crippen LogP contribution >= 0.6 is 0 Å². The Labute approximate surface area is 104 Å². The Morgan fingerprint density at radius 3 is 2.82 bits per heavy atom. The minimum Gasteiger partial charge on any atom is -0.338 e. The van der Waals surface area contributed by atoms with Crippen LogP contribution in [0.2, 0.25) is 0 Å². The van der Waals surface area contributed by atoms with Crippen molar-refractivity contribution in [1.29, 1.82) is 0 Å². The van der Waals surface area contributed by atoms with Gasteiger partial charge in [0.2, 0.25) is 0 Å². The van der Waals surface area contributed by atoms with Gasteiger partial charge in [-0.05, 0) is 38.6 Å². The fourth-order valence-electron chi connectivity index (χ4n) is 2.41. The lowest BCUT2D eigenvalue weighted by molar-refractivity contribution is 0.189. The third-order valence-corrected chi connectivity index (χ3v) is 3.63. The number of hydrogen-bond donors (Lipinski definition) is 2. The second-order valence-electron chi connectivity index (χ2n) is 5.26. The first-order valence-corrected chi connectivity index (χ1v) is 7.09. The molecule has 0 bridgehead atoms. The number of carbonyl (C=O) groups excluding carboxylic acids is 1. The molecule has 1 aliphatic carbocycles. The zero-order valence-corrected chi connectivity index (χ0v) is 10.9. The van der Waals surface area contributed by atoms with Crippen molar-refractivity contribution in [2.45, 2.75) is 57.5 Å². The standard InChI is InChI=1S/C13H25N3O/c1-2-3-8-15-13(17)16(12-6-7-12)10-11-5-4-9-14-11/h11-12,14H,2-10H2,1H3,(H,15,17). The van der Waals surface area contributed by atoms with Crippen molar-refractivity contribution in [2.75, 3.05) is 19.6 Å². The Morgan fingerprint density at radius 1 is 1.41 bits per heavy atom. The molecule has 4 nitrogen and oxygen atoms in total. The molecule has 1 saturated carbocycles. The van der Waals surface area contributed by atoms with E-state index in [2.05, 4.69) is 22.5 Å². The van der Waals surface area contributed by atoms with Gasteiger partial charge in [0.05, 0.1) is 0 Å². The molecule has 0 spiro atoms. The summed E-state index contributed by atoms with van der Waals surface area (Å²) in [7, 11) is 0. The number of nitrogens with one attached hydrogen (secondary N) is 2. The summed E-state index contributed by atoms with van der Waals surface area (Å²) in [5.74, 6) is 0. The number of amides is 2. The molecule has 2 rings (SSSR count). The van der Waals surface area contributed by atoms with Gasteiger partial charge in [-0.15, -0.1) is 0 Å². The van der Waals surface area contributed by atoms with Crippen LogP contribution in [0.25, 0.3) is 0 Å². The lowest BCUT2D eigenvalue weighted by Gasteiger charge is -2.26. The van der Waals surface area contributed by atoms with Crippen LogP contribution in [-0.2, 0) is 0 Å². The minimum atomic E-state index is 0.148. The summed E-state index contributed by atoms with van der Waals surface area (Å²) >= 11 is 0. The summed E-state index contributed by atoms with van der Waals surface area (Å²) in [5, 5.41) is 6.51. The SMILES string of the molecule is CCCCNC(=O)N(CC1CCCN1)C1CC1. The monoisotopic (exact) mass is 239 g/mol. The fraction of sp³-hybridized carbons (Fsp3) is 0.923. The summed E-state index contributed by atoms with van der Waals surface area (Å²) in [5.41, 5.74) is 0. The lowest BCUT2D eigenvalue weighted by atomic mass is 10.2. The molecule has 2 N–H and O–H groups in total. The maximum absolute atomic E-state index is 12.1. The van der Waals surface area contributed by atoms with Gasteiger partial charge in [0, 0.05) is 25.2 Å². The molecular weight excluding hydrogens is 214 g/mol. The summed E-state index contributed by atoms with van der Waals surface area (Å²) in [6.07, 6.45) is 7.05. The summed E-state index contributed by atoms with van der Waals surface area (Å²) < 4.78 is 0. The van der Waals surface area contributed by atoms with Crippen molar-refractivity contribution in [1.82, 2.24) is 15.5 Å². The van der Waals surface area contributed by atoms with E-state index >= 15 is 0 Å². The Balaban J connectivity index is 1.76. The number of rotatable bonds is 6. The van der Waals surface area contributed by atoms with Gasteiger partial charge in [-0.3, -0.25) is 0 Å². The van der Waals surface area contributed by atoms with Gasteiger partial charge in [0.1, 0.15) is 0 Å². The van der Waals surface area contributed by atoms with Crippen molar-refractivity contribution in [3.63, 3.8) is 0 Å². The number of urea groups is 1. The highest BCUT2D eigenvalue weighted by atomic mass is 16.2. The van der Waals surface area contributed by atoms with E-state index in [-0.39, 0.29) is 6.03 Å². The predicted molar refractivity (Wildman–Crippen MR) is 69.1 cm³/mol. The third-order valence-electron chi connectivity index (χ3n) is 3.63. The van der Waals surface area contributed by atoms with E-state index in [0.29, 0.717) is 12.1 Å². The van der Waals surface area contributed by atoms with Crippen LogP contribution < -0.4 is 10.6 Å². The molecule has 1 heterocycles. The zero-order valence-electron chi connectivity index (χ0n) is 10.9. The average molecular weight is 239 g/mol. The second kappa shape index (κ2) is 6.24. The van der Waals surface area contributed by atoms with Crippen LogP contribution in [-0.4, -0.2) is 42.6 Å². The van der Waals surface area contributed by atoms with Crippen LogP contribution in [0.4, 0.5) is 4.79 Å². The van der Waals surface area contributed by atoms with Crippen molar-refractivity contribution in [2.24, 2.45) is 0 Å². The normalized spacial score (nSPS) is 23.7. The molecule has 0 aromatic heterocycles. The molecule has 4 heteroatoms. The predicted octanol–water partition coefficient (Wildman–Crippen LogP) is 1.71. The molecule has 0 aromatic rings. The highest BCUT2D eigenvalue weighted by Gasteiger charge is 2.34. The molecule has 0 radical (unpaired) electrons. The molecule has 1 atom stereocenters. The number of hydrogen-bond acceptors (Lipinski definition) is 2. The van der Waals surface area contributed by atoms with Crippen molar-refractivity contribution >= 4 is 6.03 Å². The van der Waals surface area contributed by atoms with E-state index in [1.54, 1.807) is 0 Å². The van der Waals surface area contributed by atoms with E-state index in [1.165, 1.54) is 25.7 Å². The van der Waals surface area contributed by atoms with E-state index in [9.17, 15) is 4.79 Å². The van der Waals surface area contributed by atoms with E-state index in [4.69, 9.17) is 0 Å². The van der Waals surface area contributed by atoms with Crippen LogP contribution in [0.15, 0.2) is 0 Å². The van der Waals surface area contributed by atoms with Gasteiger partial charge in [0.15, 0.2) is 0 Å². The van der Waals surface area contributed by atoms with Crippen LogP contribution in [0.1, 0.15) is 45.4 Å². The van der Waals surface area contributed by atoms with Crippen molar-refractivity contribution in [3.8, 4) is 0 Å². The van der Waals surface area contributed by atoms with Gasteiger partial charge >= 0.3 is 6.03 Å². The average Bonchev–Trinajstić information content (AvgIpc) is 3.03. The van der Waals surface area contributed by atoms with Gasteiger partial charge in [0.25, 0.3) is 0 Å². The summed E-state index contributed by atoms with van der Waals surface area (Å²) in [6.45, 7) is 4.97. The first kappa shape index (κ1) is 12.7.